The van der Waals surface area contributed by atoms with Gasteiger partial charge in [0.2, 0.25) is 6.54 Å². The van der Waals surface area contributed by atoms with Crippen LogP contribution in [0.4, 0.5) is 0 Å². The molecule has 0 aliphatic rings. The van der Waals surface area contributed by atoms with Gasteiger partial charge in [-0.1, -0.05) is 11.6 Å². The summed E-state index contributed by atoms with van der Waals surface area (Å²) in [5.41, 5.74) is 0.840. The predicted octanol–water partition coefficient (Wildman–Crippen LogP) is 2.15. The number of halogens is 1. The number of rotatable bonds is 1. The molecule has 1 aromatic heterocycles. The molecule has 0 fully saturated rings. The molecule has 0 aliphatic heterocycles. The van der Waals surface area contributed by atoms with Gasteiger partial charge in [-0.05, 0) is 6.07 Å². The monoisotopic (exact) mass is 152 g/mol. The molecule has 2 nitrogen and oxygen atoms in total. The molecule has 0 amide bonds. The average Bonchev–Trinajstić information content (AvgIpc) is 1.94. The van der Waals surface area contributed by atoms with Crippen LogP contribution in [-0.4, -0.2) is 4.98 Å². The van der Waals surface area contributed by atoms with Crippen LogP contribution in [0, 0.1) is 6.57 Å². The van der Waals surface area contributed by atoms with E-state index in [0.717, 1.165) is 5.56 Å². The normalized spacial score (nSPS) is 8.80. The molecule has 3 heteroatoms. The van der Waals surface area contributed by atoms with Gasteiger partial charge in [-0.2, -0.15) is 0 Å². The molecule has 10 heavy (non-hydrogen) atoms. The number of nitrogens with zero attached hydrogens (tertiary/aromatic N) is 2. The fourth-order valence-corrected chi connectivity index (χ4v) is 0.796. The summed E-state index contributed by atoms with van der Waals surface area (Å²) >= 11 is 5.70. The van der Waals surface area contributed by atoms with Gasteiger partial charge in [0, 0.05) is 12.4 Å². The zero-order chi connectivity index (χ0) is 7.40. The largest absolute Gasteiger partial charge is 0.312 e. The lowest BCUT2D eigenvalue weighted by Crippen LogP contribution is -1.81. The second kappa shape index (κ2) is 3.19. The van der Waals surface area contributed by atoms with Gasteiger partial charge in [-0.25, -0.2) is 6.57 Å². The van der Waals surface area contributed by atoms with Crippen LogP contribution >= 0.6 is 11.6 Å². The quantitative estimate of drug-likeness (QED) is 0.564. The van der Waals surface area contributed by atoms with Crippen molar-refractivity contribution in [3.05, 3.63) is 40.5 Å². The molecular formula is C7H5ClN2. The van der Waals surface area contributed by atoms with Crippen LogP contribution < -0.4 is 0 Å². The Hall–Kier alpha value is -1.07. The lowest BCUT2D eigenvalue weighted by molar-refractivity contribution is 1.21. The van der Waals surface area contributed by atoms with Crippen molar-refractivity contribution in [3.8, 4) is 0 Å². The SMILES string of the molecule is [C-]#[N+]Cc1ccncc1Cl. The van der Waals surface area contributed by atoms with E-state index in [2.05, 4.69) is 9.83 Å². The maximum absolute atomic E-state index is 6.58. The van der Waals surface area contributed by atoms with Crippen LogP contribution in [0.3, 0.4) is 0 Å². The molecule has 0 aliphatic carbocycles. The van der Waals surface area contributed by atoms with Crippen LogP contribution in [-0.2, 0) is 6.54 Å². The summed E-state index contributed by atoms with van der Waals surface area (Å²) in [6, 6.07) is 1.75. The third-order valence-electron chi connectivity index (χ3n) is 1.11. The minimum absolute atomic E-state index is 0.335. The van der Waals surface area contributed by atoms with Crippen molar-refractivity contribution in [2.24, 2.45) is 0 Å². The summed E-state index contributed by atoms with van der Waals surface area (Å²) in [7, 11) is 0. The van der Waals surface area contributed by atoms with Gasteiger partial charge >= 0.3 is 0 Å². The van der Waals surface area contributed by atoms with E-state index in [0.29, 0.717) is 11.6 Å². The van der Waals surface area contributed by atoms with Crippen molar-refractivity contribution in [1.29, 1.82) is 0 Å². The lowest BCUT2D eigenvalue weighted by atomic mass is 10.3. The van der Waals surface area contributed by atoms with Crippen molar-refractivity contribution >= 4 is 11.6 Å². The van der Waals surface area contributed by atoms with Crippen molar-refractivity contribution < 1.29 is 0 Å². The van der Waals surface area contributed by atoms with Gasteiger partial charge in [0.25, 0.3) is 0 Å². The molecule has 1 rings (SSSR count). The minimum Gasteiger partial charge on any atom is -0.312 e. The van der Waals surface area contributed by atoms with Crippen molar-refractivity contribution in [1.82, 2.24) is 4.98 Å². The average molecular weight is 153 g/mol. The molecule has 1 aromatic rings. The highest BCUT2D eigenvalue weighted by atomic mass is 35.5. The third-order valence-corrected chi connectivity index (χ3v) is 1.45. The topological polar surface area (TPSA) is 17.2 Å². The van der Waals surface area contributed by atoms with E-state index in [9.17, 15) is 0 Å². The van der Waals surface area contributed by atoms with E-state index in [1.165, 1.54) is 0 Å². The van der Waals surface area contributed by atoms with Gasteiger partial charge in [-0.3, -0.25) is 4.98 Å². The lowest BCUT2D eigenvalue weighted by Gasteiger charge is -1.91. The molecule has 0 atom stereocenters. The molecule has 0 saturated carbocycles. The first kappa shape index (κ1) is 7.04. The molecule has 0 spiro atoms. The van der Waals surface area contributed by atoms with E-state index in [4.69, 9.17) is 18.2 Å². The van der Waals surface area contributed by atoms with Gasteiger partial charge in [0.1, 0.15) is 0 Å². The second-order valence-corrected chi connectivity index (χ2v) is 2.19. The van der Waals surface area contributed by atoms with Crippen molar-refractivity contribution in [2.75, 3.05) is 0 Å². The molecule has 0 radical (unpaired) electrons. The Kier molecular flexibility index (Phi) is 2.24. The predicted molar refractivity (Wildman–Crippen MR) is 39.6 cm³/mol. The Bertz CT molecular complexity index is 265. The van der Waals surface area contributed by atoms with Crippen LogP contribution in [0.2, 0.25) is 5.02 Å². The third kappa shape index (κ3) is 1.46. The first-order chi connectivity index (χ1) is 4.84. The molecule has 0 unspecified atom stereocenters. The summed E-state index contributed by atoms with van der Waals surface area (Å²) in [6.45, 7) is 6.92. The first-order valence-electron chi connectivity index (χ1n) is 2.76. The van der Waals surface area contributed by atoms with Gasteiger partial charge in [0.05, 0.1) is 10.6 Å². The number of hydrogen-bond donors (Lipinski definition) is 0. The Balaban J connectivity index is 2.94. The van der Waals surface area contributed by atoms with E-state index >= 15 is 0 Å². The fourth-order valence-electron chi connectivity index (χ4n) is 0.617. The maximum Gasteiger partial charge on any atom is 0.241 e. The molecule has 0 bridgehead atoms. The number of aromatic nitrogens is 1. The number of pyridine rings is 1. The zero-order valence-corrected chi connectivity index (χ0v) is 5.97. The Morgan fingerprint density at radius 3 is 3.10 bits per heavy atom. The molecule has 0 aromatic carbocycles. The Morgan fingerprint density at radius 1 is 1.70 bits per heavy atom. The van der Waals surface area contributed by atoms with Gasteiger partial charge < -0.3 is 4.85 Å². The highest BCUT2D eigenvalue weighted by Gasteiger charge is 1.99. The van der Waals surface area contributed by atoms with Crippen LogP contribution in [0.25, 0.3) is 4.85 Å². The fraction of sp³-hybridized carbons (Fsp3) is 0.143. The standard InChI is InChI=1S/C7H5ClN2/c1-9-4-6-2-3-10-5-7(6)8/h2-3,5H,4H2. The number of hydrogen-bond acceptors (Lipinski definition) is 1. The summed E-state index contributed by atoms with van der Waals surface area (Å²) in [6.07, 6.45) is 3.18. The second-order valence-electron chi connectivity index (χ2n) is 1.78. The maximum atomic E-state index is 6.58. The van der Waals surface area contributed by atoms with Gasteiger partial charge in [-0.15, -0.1) is 0 Å². The van der Waals surface area contributed by atoms with Crippen molar-refractivity contribution in [2.45, 2.75) is 6.54 Å². The van der Waals surface area contributed by atoms with E-state index in [1.807, 2.05) is 0 Å². The van der Waals surface area contributed by atoms with E-state index < -0.39 is 0 Å². The zero-order valence-electron chi connectivity index (χ0n) is 5.21. The minimum atomic E-state index is 0.335. The summed E-state index contributed by atoms with van der Waals surface area (Å²) in [5, 5.41) is 0.568. The van der Waals surface area contributed by atoms with E-state index in [1.54, 1.807) is 18.5 Å². The smallest absolute Gasteiger partial charge is 0.241 e. The van der Waals surface area contributed by atoms with Crippen LogP contribution in [0.5, 0.6) is 0 Å². The van der Waals surface area contributed by atoms with E-state index in [-0.39, 0.29) is 0 Å². The highest BCUT2D eigenvalue weighted by molar-refractivity contribution is 6.31. The molecule has 0 N–H and O–H groups in total. The first-order valence-corrected chi connectivity index (χ1v) is 3.14. The van der Waals surface area contributed by atoms with Crippen molar-refractivity contribution in [3.63, 3.8) is 0 Å². The summed E-state index contributed by atoms with van der Waals surface area (Å²) in [5.74, 6) is 0. The molecule has 50 valence electrons. The highest BCUT2D eigenvalue weighted by Crippen LogP contribution is 2.13. The molecular weight excluding hydrogens is 148 g/mol. The Morgan fingerprint density at radius 2 is 2.50 bits per heavy atom. The van der Waals surface area contributed by atoms with Crippen LogP contribution in [0.15, 0.2) is 18.5 Å². The van der Waals surface area contributed by atoms with Crippen LogP contribution in [0.1, 0.15) is 5.56 Å². The summed E-state index contributed by atoms with van der Waals surface area (Å²) < 4.78 is 0. The molecule has 0 saturated heterocycles. The van der Waals surface area contributed by atoms with Gasteiger partial charge in [0.15, 0.2) is 0 Å². The Labute approximate surface area is 64.3 Å². The summed E-state index contributed by atoms with van der Waals surface area (Å²) in [4.78, 5) is 7.00. The molecule has 1 heterocycles.